The molecule has 1 atom stereocenters. The minimum Gasteiger partial charge on any atom is -0.477 e. The monoisotopic (exact) mass is 270 g/mol. The minimum atomic E-state index is 0.397. The predicted molar refractivity (Wildman–Crippen MR) is 70.6 cm³/mol. The molecule has 2 rings (SSSR count). The number of halogens is 1. The van der Waals surface area contributed by atoms with Crippen LogP contribution >= 0.6 is 11.6 Å². The van der Waals surface area contributed by atoms with E-state index in [9.17, 15) is 0 Å². The molecule has 0 spiro atoms. The molecule has 0 aromatic carbocycles. The number of hydrogen-bond donors (Lipinski definition) is 2. The first-order chi connectivity index (χ1) is 8.56. The lowest BCUT2D eigenvalue weighted by Crippen LogP contribution is -2.66. The van der Waals surface area contributed by atoms with Crippen LogP contribution in [0.2, 0.25) is 5.15 Å². The standard InChI is InChI=1S/C12H19ClN4O/c1-7(4-10-16-9(3)17-10)5-18-12-8(2)11(13)14-6-15-12/h6-7,9-10,16-17H,4-5H2,1-3H3. The van der Waals surface area contributed by atoms with Crippen molar-refractivity contribution >= 4 is 11.6 Å². The summed E-state index contributed by atoms with van der Waals surface area (Å²) in [6, 6.07) is 0. The quantitative estimate of drug-likeness (QED) is 0.798. The Morgan fingerprint density at radius 1 is 1.44 bits per heavy atom. The molecule has 0 amide bonds. The van der Waals surface area contributed by atoms with Crippen molar-refractivity contribution in [3.63, 3.8) is 0 Å². The molecular weight excluding hydrogens is 252 g/mol. The van der Waals surface area contributed by atoms with E-state index in [1.54, 1.807) is 0 Å². The van der Waals surface area contributed by atoms with Gasteiger partial charge < -0.3 is 4.74 Å². The number of hydrogen-bond acceptors (Lipinski definition) is 5. The maximum atomic E-state index is 5.91. The maximum Gasteiger partial charge on any atom is 0.220 e. The number of aromatic nitrogens is 2. The second-order valence-electron chi connectivity index (χ2n) is 4.85. The topological polar surface area (TPSA) is 59.1 Å². The Hall–Kier alpha value is -0.910. The Balaban J connectivity index is 1.78. The molecule has 1 aliphatic rings. The molecule has 5 nitrogen and oxygen atoms in total. The minimum absolute atomic E-state index is 0.397. The van der Waals surface area contributed by atoms with Crippen molar-refractivity contribution in [3.05, 3.63) is 17.0 Å². The molecule has 1 aromatic heterocycles. The third-order valence-corrected chi connectivity index (χ3v) is 3.40. The van der Waals surface area contributed by atoms with Crippen molar-refractivity contribution in [3.8, 4) is 5.88 Å². The van der Waals surface area contributed by atoms with Crippen molar-refractivity contribution in [2.24, 2.45) is 5.92 Å². The van der Waals surface area contributed by atoms with Gasteiger partial charge in [-0.05, 0) is 26.2 Å². The molecule has 100 valence electrons. The van der Waals surface area contributed by atoms with Gasteiger partial charge in [0.2, 0.25) is 5.88 Å². The Kier molecular flexibility index (Phi) is 4.37. The van der Waals surface area contributed by atoms with Crippen LogP contribution < -0.4 is 15.4 Å². The highest BCUT2D eigenvalue weighted by Crippen LogP contribution is 2.21. The van der Waals surface area contributed by atoms with Crippen LogP contribution in [0.15, 0.2) is 6.33 Å². The second kappa shape index (κ2) is 5.82. The number of nitrogens with one attached hydrogen (secondary N) is 2. The zero-order valence-electron chi connectivity index (χ0n) is 10.9. The molecule has 1 aromatic rings. The summed E-state index contributed by atoms with van der Waals surface area (Å²) in [6.07, 6.45) is 3.27. The van der Waals surface area contributed by atoms with E-state index < -0.39 is 0 Å². The largest absolute Gasteiger partial charge is 0.477 e. The van der Waals surface area contributed by atoms with Gasteiger partial charge in [-0.2, -0.15) is 0 Å². The van der Waals surface area contributed by atoms with Crippen molar-refractivity contribution in [1.82, 2.24) is 20.6 Å². The van der Waals surface area contributed by atoms with Gasteiger partial charge in [-0.25, -0.2) is 9.97 Å². The molecule has 1 fully saturated rings. The fraction of sp³-hybridized carbons (Fsp3) is 0.667. The zero-order valence-corrected chi connectivity index (χ0v) is 11.7. The van der Waals surface area contributed by atoms with Gasteiger partial charge in [-0.1, -0.05) is 18.5 Å². The first-order valence-corrected chi connectivity index (χ1v) is 6.56. The lowest BCUT2D eigenvalue weighted by Gasteiger charge is -2.38. The molecule has 1 aliphatic heterocycles. The third kappa shape index (κ3) is 3.31. The van der Waals surface area contributed by atoms with Gasteiger partial charge in [-0.3, -0.25) is 10.6 Å². The second-order valence-corrected chi connectivity index (χ2v) is 5.21. The molecule has 0 bridgehead atoms. The van der Waals surface area contributed by atoms with Crippen LogP contribution in [0, 0.1) is 12.8 Å². The van der Waals surface area contributed by atoms with Gasteiger partial charge in [0.25, 0.3) is 0 Å². The Morgan fingerprint density at radius 2 is 2.17 bits per heavy atom. The summed E-state index contributed by atoms with van der Waals surface area (Å²) in [5.74, 6) is 1.01. The van der Waals surface area contributed by atoms with Crippen LogP contribution in [-0.2, 0) is 0 Å². The molecule has 2 N–H and O–H groups in total. The molecule has 2 heterocycles. The Bertz CT molecular complexity index is 409. The first-order valence-electron chi connectivity index (χ1n) is 6.18. The highest BCUT2D eigenvalue weighted by molar-refractivity contribution is 6.30. The summed E-state index contributed by atoms with van der Waals surface area (Å²) in [4.78, 5) is 7.99. The van der Waals surface area contributed by atoms with Crippen LogP contribution in [-0.4, -0.2) is 28.9 Å². The average Bonchev–Trinajstić information content (AvgIpc) is 2.29. The number of rotatable bonds is 5. The summed E-state index contributed by atoms with van der Waals surface area (Å²) < 4.78 is 5.68. The van der Waals surface area contributed by atoms with Gasteiger partial charge in [0.05, 0.1) is 18.9 Å². The fourth-order valence-corrected chi connectivity index (χ4v) is 2.12. The normalized spacial score (nSPS) is 24.4. The predicted octanol–water partition coefficient (Wildman–Crippen LogP) is 1.71. The molecule has 1 saturated heterocycles. The summed E-state index contributed by atoms with van der Waals surface area (Å²) >= 11 is 5.91. The highest BCUT2D eigenvalue weighted by atomic mass is 35.5. The van der Waals surface area contributed by atoms with E-state index in [0.29, 0.717) is 35.9 Å². The Labute approximate surface area is 112 Å². The van der Waals surface area contributed by atoms with Crippen molar-refractivity contribution < 1.29 is 4.74 Å². The molecule has 18 heavy (non-hydrogen) atoms. The summed E-state index contributed by atoms with van der Waals surface area (Å²) in [5.41, 5.74) is 0.792. The van der Waals surface area contributed by atoms with Crippen LogP contribution in [0.25, 0.3) is 0 Å². The van der Waals surface area contributed by atoms with Crippen molar-refractivity contribution in [2.75, 3.05) is 6.61 Å². The molecule has 0 radical (unpaired) electrons. The molecule has 6 heteroatoms. The zero-order chi connectivity index (χ0) is 13.1. The van der Waals surface area contributed by atoms with Crippen LogP contribution in [0.5, 0.6) is 5.88 Å². The maximum absolute atomic E-state index is 5.91. The SMILES string of the molecule is Cc1c(Cl)ncnc1OCC(C)CC1NC(C)N1. The van der Waals surface area contributed by atoms with Gasteiger partial charge >= 0.3 is 0 Å². The molecular formula is C12H19ClN4O. The van der Waals surface area contributed by atoms with Crippen LogP contribution in [0.3, 0.4) is 0 Å². The van der Waals surface area contributed by atoms with E-state index >= 15 is 0 Å². The summed E-state index contributed by atoms with van der Waals surface area (Å²) in [6.45, 7) is 6.75. The van der Waals surface area contributed by atoms with Gasteiger partial charge in [0, 0.05) is 5.56 Å². The molecule has 0 aliphatic carbocycles. The number of ether oxygens (including phenoxy) is 1. The molecule has 1 unspecified atom stereocenters. The van der Waals surface area contributed by atoms with Crippen LogP contribution in [0.1, 0.15) is 25.8 Å². The summed E-state index contributed by atoms with van der Waals surface area (Å²) in [5, 5.41) is 7.21. The first kappa shape index (κ1) is 13.5. The lowest BCUT2D eigenvalue weighted by molar-refractivity contribution is 0.155. The lowest BCUT2D eigenvalue weighted by atomic mass is 10.0. The van der Waals surface area contributed by atoms with Crippen molar-refractivity contribution in [2.45, 2.75) is 39.5 Å². The number of nitrogens with zero attached hydrogens (tertiary/aromatic N) is 2. The van der Waals surface area contributed by atoms with Gasteiger partial charge in [0.1, 0.15) is 11.5 Å². The third-order valence-electron chi connectivity index (χ3n) is 3.02. The van der Waals surface area contributed by atoms with E-state index in [0.717, 1.165) is 12.0 Å². The van der Waals surface area contributed by atoms with E-state index in [1.807, 2.05) is 6.92 Å². The van der Waals surface area contributed by atoms with E-state index in [-0.39, 0.29) is 0 Å². The van der Waals surface area contributed by atoms with Gasteiger partial charge in [0.15, 0.2) is 0 Å². The van der Waals surface area contributed by atoms with Gasteiger partial charge in [-0.15, -0.1) is 0 Å². The molecule has 0 saturated carbocycles. The fourth-order valence-electron chi connectivity index (χ4n) is 1.99. The van der Waals surface area contributed by atoms with Crippen molar-refractivity contribution in [1.29, 1.82) is 0 Å². The van der Waals surface area contributed by atoms with E-state index in [1.165, 1.54) is 6.33 Å². The van der Waals surface area contributed by atoms with E-state index in [4.69, 9.17) is 16.3 Å². The van der Waals surface area contributed by atoms with Crippen LogP contribution in [0.4, 0.5) is 0 Å². The summed E-state index contributed by atoms with van der Waals surface area (Å²) in [7, 11) is 0. The Morgan fingerprint density at radius 3 is 2.83 bits per heavy atom. The average molecular weight is 271 g/mol. The smallest absolute Gasteiger partial charge is 0.220 e. The van der Waals surface area contributed by atoms with E-state index in [2.05, 4.69) is 34.4 Å². The highest BCUT2D eigenvalue weighted by Gasteiger charge is 2.24.